The van der Waals surface area contributed by atoms with Crippen LogP contribution in [0, 0.1) is 5.92 Å². The van der Waals surface area contributed by atoms with Gasteiger partial charge in [0, 0.05) is 18.9 Å². The zero-order valence-corrected chi connectivity index (χ0v) is 10.4. The molecule has 0 aliphatic heterocycles. The number of aromatic nitrogens is 1. The van der Waals surface area contributed by atoms with Crippen LogP contribution in [0.15, 0.2) is 18.5 Å². The fourth-order valence-corrected chi connectivity index (χ4v) is 1.54. The molecule has 0 saturated carbocycles. The van der Waals surface area contributed by atoms with Crippen LogP contribution in [0.25, 0.3) is 0 Å². The summed E-state index contributed by atoms with van der Waals surface area (Å²) in [7, 11) is 0. The number of hydrogen-bond donors (Lipinski definition) is 1. The Morgan fingerprint density at radius 1 is 1.56 bits per heavy atom. The van der Waals surface area contributed by atoms with Crippen LogP contribution in [0.4, 0.5) is 0 Å². The van der Waals surface area contributed by atoms with Crippen LogP contribution >= 0.6 is 11.6 Å². The largest absolute Gasteiger partial charge is 0.352 e. The van der Waals surface area contributed by atoms with Crippen molar-refractivity contribution < 1.29 is 4.79 Å². The third-order valence-electron chi connectivity index (χ3n) is 2.26. The number of carbonyl (C=O) groups is 1. The molecule has 0 aliphatic carbocycles. The van der Waals surface area contributed by atoms with Crippen molar-refractivity contribution in [2.24, 2.45) is 5.92 Å². The second kappa shape index (κ2) is 6.48. The van der Waals surface area contributed by atoms with Gasteiger partial charge in [0.2, 0.25) is 0 Å². The van der Waals surface area contributed by atoms with Gasteiger partial charge in [0.15, 0.2) is 0 Å². The van der Waals surface area contributed by atoms with E-state index in [2.05, 4.69) is 24.1 Å². The number of hydrogen-bond acceptors (Lipinski definition) is 2. The van der Waals surface area contributed by atoms with E-state index >= 15 is 0 Å². The minimum Gasteiger partial charge on any atom is -0.352 e. The first-order chi connectivity index (χ1) is 7.61. The van der Waals surface area contributed by atoms with Crippen molar-refractivity contribution in [2.75, 3.05) is 6.54 Å². The first-order valence-electron chi connectivity index (χ1n) is 5.49. The summed E-state index contributed by atoms with van der Waals surface area (Å²) in [6, 6.07) is 1.62. The molecule has 3 nitrogen and oxygen atoms in total. The van der Waals surface area contributed by atoms with E-state index in [1.807, 2.05) is 0 Å². The quantitative estimate of drug-likeness (QED) is 0.805. The molecule has 0 spiro atoms. The van der Waals surface area contributed by atoms with E-state index in [1.165, 1.54) is 6.20 Å². The molecule has 1 heterocycles. The van der Waals surface area contributed by atoms with Crippen molar-refractivity contribution in [1.29, 1.82) is 0 Å². The third-order valence-corrected chi connectivity index (χ3v) is 2.59. The Kier molecular flexibility index (Phi) is 5.26. The van der Waals surface area contributed by atoms with Gasteiger partial charge in [0.05, 0.1) is 10.6 Å². The van der Waals surface area contributed by atoms with Crippen LogP contribution in [0.1, 0.15) is 37.0 Å². The van der Waals surface area contributed by atoms with Crippen molar-refractivity contribution in [3.8, 4) is 0 Å². The third kappa shape index (κ3) is 4.19. The number of nitrogens with one attached hydrogen (secondary N) is 1. The Bertz CT molecular complexity index is 353. The maximum absolute atomic E-state index is 11.7. The van der Waals surface area contributed by atoms with Gasteiger partial charge in [0.25, 0.3) is 5.91 Å². The topological polar surface area (TPSA) is 42.0 Å². The molecule has 1 aromatic heterocycles. The SMILES string of the molecule is CC(C)CCCNC(=O)c1cnccc1Cl. The van der Waals surface area contributed by atoms with Gasteiger partial charge in [0.1, 0.15) is 0 Å². The second-order valence-electron chi connectivity index (χ2n) is 4.15. The molecule has 1 N–H and O–H groups in total. The predicted octanol–water partition coefficient (Wildman–Crippen LogP) is 2.90. The second-order valence-corrected chi connectivity index (χ2v) is 4.55. The van der Waals surface area contributed by atoms with Gasteiger partial charge in [-0.05, 0) is 24.8 Å². The highest BCUT2D eigenvalue weighted by molar-refractivity contribution is 6.33. The van der Waals surface area contributed by atoms with Crippen molar-refractivity contribution in [3.05, 3.63) is 29.0 Å². The average Bonchev–Trinajstić information content (AvgIpc) is 2.24. The molecule has 88 valence electrons. The summed E-state index contributed by atoms with van der Waals surface area (Å²) in [5.41, 5.74) is 0.439. The molecular weight excluding hydrogens is 224 g/mol. The summed E-state index contributed by atoms with van der Waals surface area (Å²) in [5, 5.41) is 3.27. The van der Waals surface area contributed by atoms with Crippen LogP contribution in [0.5, 0.6) is 0 Å². The Balaban J connectivity index is 2.39. The summed E-state index contributed by atoms with van der Waals surface area (Å²) >= 11 is 5.88. The maximum atomic E-state index is 11.7. The van der Waals surface area contributed by atoms with Gasteiger partial charge in [-0.1, -0.05) is 25.4 Å². The molecule has 0 aromatic carbocycles. The van der Waals surface area contributed by atoms with Crippen LogP contribution in [0.3, 0.4) is 0 Å². The molecule has 1 rings (SSSR count). The van der Waals surface area contributed by atoms with E-state index < -0.39 is 0 Å². The molecule has 0 saturated heterocycles. The van der Waals surface area contributed by atoms with E-state index in [9.17, 15) is 4.79 Å². The molecule has 0 unspecified atom stereocenters. The predicted molar refractivity (Wildman–Crippen MR) is 65.7 cm³/mol. The number of rotatable bonds is 5. The fourth-order valence-electron chi connectivity index (χ4n) is 1.35. The molecule has 16 heavy (non-hydrogen) atoms. The lowest BCUT2D eigenvalue weighted by atomic mass is 10.1. The van der Waals surface area contributed by atoms with Gasteiger partial charge in [-0.3, -0.25) is 9.78 Å². The van der Waals surface area contributed by atoms with Crippen LogP contribution in [-0.2, 0) is 0 Å². The van der Waals surface area contributed by atoms with Crippen LogP contribution in [0.2, 0.25) is 5.02 Å². The maximum Gasteiger partial charge on any atom is 0.254 e. The van der Waals surface area contributed by atoms with E-state index in [1.54, 1.807) is 12.3 Å². The highest BCUT2D eigenvalue weighted by atomic mass is 35.5. The normalized spacial score (nSPS) is 10.5. The van der Waals surface area contributed by atoms with Crippen molar-refractivity contribution >= 4 is 17.5 Å². The minimum absolute atomic E-state index is 0.151. The number of halogens is 1. The molecule has 0 radical (unpaired) electrons. The molecule has 0 fully saturated rings. The van der Waals surface area contributed by atoms with Gasteiger partial charge in [-0.15, -0.1) is 0 Å². The number of pyridine rings is 1. The van der Waals surface area contributed by atoms with Crippen molar-refractivity contribution in [1.82, 2.24) is 10.3 Å². The number of carbonyl (C=O) groups excluding carboxylic acids is 1. The Hall–Kier alpha value is -1.09. The molecule has 0 atom stereocenters. The first kappa shape index (κ1) is 13.0. The smallest absolute Gasteiger partial charge is 0.254 e. The zero-order valence-electron chi connectivity index (χ0n) is 9.66. The van der Waals surface area contributed by atoms with Crippen molar-refractivity contribution in [3.63, 3.8) is 0 Å². The van der Waals surface area contributed by atoms with Gasteiger partial charge >= 0.3 is 0 Å². The summed E-state index contributed by atoms with van der Waals surface area (Å²) in [6.45, 7) is 5.02. The number of amides is 1. The molecule has 0 aliphatic rings. The van der Waals surface area contributed by atoms with Gasteiger partial charge < -0.3 is 5.32 Å². The Morgan fingerprint density at radius 3 is 2.94 bits per heavy atom. The van der Waals surface area contributed by atoms with E-state index in [-0.39, 0.29) is 5.91 Å². The summed E-state index contributed by atoms with van der Waals surface area (Å²) in [4.78, 5) is 15.6. The van der Waals surface area contributed by atoms with E-state index in [0.717, 1.165) is 12.8 Å². The molecule has 1 aromatic rings. The highest BCUT2D eigenvalue weighted by Crippen LogP contribution is 2.13. The van der Waals surface area contributed by atoms with Gasteiger partial charge in [-0.25, -0.2) is 0 Å². The lowest BCUT2D eigenvalue weighted by Crippen LogP contribution is -2.25. The van der Waals surface area contributed by atoms with Crippen LogP contribution in [-0.4, -0.2) is 17.4 Å². The molecule has 4 heteroatoms. The fraction of sp³-hybridized carbons (Fsp3) is 0.500. The van der Waals surface area contributed by atoms with Crippen LogP contribution < -0.4 is 5.32 Å². The highest BCUT2D eigenvalue weighted by Gasteiger charge is 2.08. The molecule has 1 amide bonds. The molecule has 0 bridgehead atoms. The average molecular weight is 241 g/mol. The monoisotopic (exact) mass is 240 g/mol. The summed E-state index contributed by atoms with van der Waals surface area (Å²) < 4.78 is 0. The van der Waals surface area contributed by atoms with Crippen molar-refractivity contribution in [2.45, 2.75) is 26.7 Å². The summed E-state index contributed by atoms with van der Waals surface area (Å²) in [5.74, 6) is 0.515. The Morgan fingerprint density at radius 2 is 2.31 bits per heavy atom. The zero-order chi connectivity index (χ0) is 12.0. The Labute approximate surface area is 101 Å². The minimum atomic E-state index is -0.151. The van der Waals surface area contributed by atoms with Gasteiger partial charge in [-0.2, -0.15) is 0 Å². The lowest BCUT2D eigenvalue weighted by Gasteiger charge is -2.07. The summed E-state index contributed by atoms with van der Waals surface area (Å²) in [6.07, 6.45) is 5.15. The molecular formula is C12H17ClN2O. The number of nitrogens with zero attached hydrogens (tertiary/aromatic N) is 1. The lowest BCUT2D eigenvalue weighted by molar-refractivity contribution is 0.0952. The van der Waals surface area contributed by atoms with E-state index in [0.29, 0.717) is 23.0 Å². The van der Waals surface area contributed by atoms with E-state index in [4.69, 9.17) is 11.6 Å². The first-order valence-corrected chi connectivity index (χ1v) is 5.86. The standard InChI is InChI=1S/C12H17ClN2O/c1-9(2)4-3-6-15-12(16)10-8-14-7-5-11(10)13/h5,7-9H,3-4,6H2,1-2H3,(H,15,16).